The smallest absolute Gasteiger partial charge is 0.223 e. The number of aryl methyl sites for hydroxylation is 1. The number of nitrogens with zero attached hydrogens (tertiary/aromatic N) is 2. The van der Waals surface area contributed by atoms with E-state index >= 15 is 0 Å². The fourth-order valence-electron chi connectivity index (χ4n) is 1.91. The number of aromatic nitrogens is 1. The Hall–Kier alpha value is -2.10. The number of benzene rings is 1. The van der Waals surface area contributed by atoms with Crippen molar-refractivity contribution in [3.05, 3.63) is 35.9 Å². The maximum absolute atomic E-state index is 11.5. The average molecular weight is 257 g/mol. The molecule has 0 bridgehead atoms. The molecule has 0 saturated heterocycles. The highest BCUT2D eigenvalue weighted by molar-refractivity contribution is 5.81. The van der Waals surface area contributed by atoms with Crippen molar-refractivity contribution in [2.24, 2.45) is 0 Å². The van der Waals surface area contributed by atoms with Crippen molar-refractivity contribution in [3.8, 4) is 0 Å². The largest absolute Gasteiger partial charge is 0.369 e. The van der Waals surface area contributed by atoms with Crippen LogP contribution in [-0.4, -0.2) is 36.4 Å². The second-order valence-corrected chi connectivity index (χ2v) is 4.81. The molecule has 0 atom stereocenters. The number of carbonyl (C=O) groups is 1. The summed E-state index contributed by atoms with van der Waals surface area (Å²) in [5, 5.41) is 4.37. The third-order valence-electron chi connectivity index (χ3n) is 3.04. The molecule has 1 aromatic heterocycles. The van der Waals surface area contributed by atoms with Crippen molar-refractivity contribution in [2.45, 2.75) is 13.3 Å². The fourth-order valence-corrected chi connectivity index (χ4v) is 1.91. The molecule has 1 amide bonds. The number of rotatable bonds is 4. The molecule has 4 nitrogen and oxygen atoms in total. The predicted octanol–water partition coefficient (Wildman–Crippen LogP) is 2.43. The lowest BCUT2D eigenvalue weighted by atomic mass is 10.1. The zero-order valence-electron chi connectivity index (χ0n) is 11.6. The highest BCUT2D eigenvalue weighted by Gasteiger charge is 2.05. The van der Waals surface area contributed by atoms with Crippen LogP contribution in [0.5, 0.6) is 0 Å². The maximum atomic E-state index is 11.5. The number of hydrogen-bond acceptors (Lipinski definition) is 3. The Bertz CT molecular complexity index is 593. The van der Waals surface area contributed by atoms with Gasteiger partial charge in [0.05, 0.1) is 5.52 Å². The van der Waals surface area contributed by atoms with Gasteiger partial charge in [-0.1, -0.05) is 18.2 Å². The highest BCUT2D eigenvalue weighted by atomic mass is 16.2. The van der Waals surface area contributed by atoms with Gasteiger partial charge in [-0.15, -0.1) is 0 Å². The van der Waals surface area contributed by atoms with Gasteiger partial charge in [0.25, 0.3) is 0 Å². The lowest BCUT2D eigenvalue weighted by Gasteiger charge is -2.12. The SMILES string of the molecule is Cc1cc2ccccc2nc1NCCC(=O)N(C)C. The first kappa shape index (κ1) is 13.3. The number of amides is 1. The van der Waals surface area contributed by atoms with E-state index in [0.29, 0.717) is 13.0 Å². The van der Waals surface area contributed by atoms with Crippen molar-refractivity contribution < 1.29 is 4.79 Å². The van der Waals surface area contributed by atoms with E-state index in [9.17, 15) is 4.79 Å². The Morgan fingerprint density at radius 2 is 2.05 bits per heavy atom. The van der Waals surface area contributed by atoms with Crippen LogP contribution in [0.3, 0.4) is 0 Å². The van der Waals surface area contributed by atoms with Gasteiger partial charge in [0, 0.05) is 32.4 Å². The molecule has 0 spiro atoms. The summed E-state index contributed by atoms with van der Waals surface area (Å²) in [6, 6.07) is 10.1. The number of nitrogens with one attached hydrogen (secondary N) is 1. The molecule has 2 rings (SSSR count). The van der Waals surface area contributed by atoms with Gasteiger partial charge < -0.3 is 10.2 Å². The summed E-state index contributed by atoms with van der Waals surface area (Å²) in [6.45, 7) is 2.62. The van der Waals surface area contributed by atoms with E-state index < -0.39 is 0 Å². The third kappa shape index (κ3) is 3.22. The summed E-state index contributed by atoms with van der Waals surface area (Å²) < 4.78 is 0. The van der Waals surface area contributed by atoms with Gasteiger partial charge in [0.1, 0.15) is 5.82 Å². The van der Waals surface area contributed by atoms with E-state index in [-0.39, 0.29) is 5.91 Å². The third-order valence-corrected chi connectivity index (χ3v) is 3.04. The minimum atomic E-state index is 0.117. The van der Waals surface area contributed by atoms with E-state index in [1.807, 2.05) is 25.1 Å². The number of anilines is 1. The topological polar surface area (TPSA) is 45.2 Å². The summed E-state index contributed by atoms with van der Waals surface area (Å²) in [5.74, 6) is 0.969. The molecule has 0 unspecified atom stereocenters. The van der Waals surface area contributed by atoms with E-state index in [4.69, 9.17) is 0 Å². The number of fused-ring (bicyclic) bond motifs is 1. The summed E-state index contributed by atoms with van der Waals surface area (Å²) >= 11 is 0. The van der Waals surface area contributed by atoms with Gasteiger partial charge in [-0.2, -0.15) is 0 Å². The van der Waals surface area contributed by atoms with Crippen molar-refractivity contribution >= 4 is 22.6 Å². The second-order valence-electron chi connectivity index (χ2n) is 4.81. The molecule has 1 heterocycles. The quantitative estimate of drug-likeness (QED) is 0.915. The Morgan fingerprint density at radius 1 is 1.32 bits per heavy atom. The summed E-state index contributed by atoms with van der Waals surface area (Å²) in [4.78, 5) is 17.7. The molecule has 4 heteroatoms. The lowest BCUT2D eigenvalue weighted by molar-refractivity contribution is -0.128. The maximum Gasteiger partial charge on any atom is 0.223 e. The molecule has 19 heavy (non-hydrogen) atoms. The van der Waals surface area contributed by atoms with E-state index in [0.717, 1.165) is 22.3 Å². The van der Waals surface area contributed by atoms with Crippen LogP contribution in [0.25, 0.3) is 10.9 Å². The van der Waals surface area contributed by atoms with Gasteiger partial charge in [-0.25, -0.2) is 4.98 Å². The summed E-state index contributed by atoms with van der Waals surface area (Å²) in [7, 11) is 3.53. The molecule has 0 saturated carbocycles. The summed E-state index contributed by atoms with van der Waals surface area (Å²) in [6.07, 6.45) is 0.473. The Kier molecular flexibility index (Phi) is 4.00. The van der Waals surface area contributed by atoms with Gasteiger partial charge in [0.15, 0.2) is 0 Å². The normalized spacial score (nSPS) is 10.5. The van der Waals surface area contributed by atoms with Crippen molar-refractivity contribution in [2.75, 3.05) is 26.0 Å². The first-order valence-electron chi connectivity index (χ1n) is 6.38. The minimum Gasteiger partial charge on any atom is -0.369 e. The van der Waals surface area contributed by atoms with Crippen LogP contribution in [-0.2, 0) is 4.79 Å². The molecule has 0 aliphatic carbocycles. The molecule has 1 aromatic carbocycles. The number of para-hydroxylation sites is 1. The van der Waals surface area contributed by atoms with Crippen LogP contribution in [0.1, 0.15) is 12.0 Å². The Morgan fingerprint density at radius 3 is 2.79 bits per heavy atom. The number of pyridine rings is 1. The molecule has 0 aliphatic heterocycles. The Balaban J connectivity index is 2.08. The van der Waals surface area contributed by atoms with E-state index in [1.165, 1.54) is 0 Å². The van der Waals surface area contributed by atoms with Crippen LogP contribution < -0.4 is 5.32 Å². The van der Waals surface area contributed by atoms with E-state index in [2.05, 4.69) is 22.4 Å². The van der Waals surface area contributed by atoms with Crippen molar-refractivity contribution in [3.63, 3.8) is 0 Å². The molecule has 0 fully saturated rings. The summed E-state index contributed by atoms with van der Waals surface area (Å²) in [5.41, 5.74) is 2.06. The van der Waals surface area contributed by atoms with Crippen LogP contribution in [0, 0.1) is 6.92 Å². The van der Waals surface area contributed by atoms with Crippen LogP contribution in [0.4, 0.5) is 5.82 Å². The standard InChI is InChI=1S/C15H19N3O/c1-11-10-12-6-4-5-7-13(12)17-15(11)16-9-8-14(19)18(2)3/h4-7,10H,8-9H2,1-3H3,(H,16,17). The van der Waals surface area contributed by atoms with Gasteiger partial charge in [0.2, 0.25) is 5.91 Å². The molecule has 1 N–H and O–H groups in total. The van der Waals surface area contributed by atoms with Gasteiger partial charge in [-0.3, -0.25) is 4.79 Å². The highest BCUT2D eigenvalue weighted by Crippen LogP contribution is 2.19. The van der Waals surface area contributed by atoms with E-state index in [1.54, 1.807) is 19.0 Å². The van der Waals surface area contributed by atoms with Crippen LogP contribution in [0.2, 0.25) is 0 Å². The first-order chi connectivity index (χ1) is 9.08. The van der Waals surface area contributed by atoms with Crippen molar-refractivity contribution in [1.29, 1.82) is 0 Å². The molecule has 0 aliphatic rings. The lowest BCUT2D eigenvalue weighted by Crippen LogP contribution is -2.24. The van der Waals surface area contributed by atoms with Gasteiger partial charge >= 0.3 is 0 Å². The van der Waals surface area contributed by atoms with Crippen LogP contribution in [0.15, 0.2) is 30.3 Å². The second kappa shape index (κ2) is 5.69. The fraction of sp³-hybridized carbons (Fsp3) is 0.333. The number of carbonyl (C=O) groups excluding carboxylic acids is 1. The van der Waals surface area contributed by atoms with Crippen molar-refractivity contribution in [1.82, 2.24) is 9.88 Å². The molecule has 2 aromatic rings. The van der Waals surface area contributed by atoms with Crippen LogP contribution >= 0.6 is 0 Å². The monoisotopic (exact) mass is 257 g/mol. The molecular formula is C15H19N3O. The molecule has 100 valence electrons. The first-order valence-corrected chi connectivity index (χ1v) is 6.38. The van der Waals surface area contributed by atoms with Gasteiger partial charge in [-0.05, 0) is 24.6 Å². The Labute approximate surface area is 113 Å². The zero-order chi connectivity index (χ0) is 13.8. The zero-order valence-corrected chi connectivity index (χ0v) is 11.6. The number of hydrogen-bond donors (Lipinski definition) is 1. The molecule has 0 radical (unpaired) electrons. The minimum absolute atomic E-state index is 0.117. The predicted molar refractivity (Wildman–Crippen MR) is 78.3 cm³/mol. The average Bonchev–Trinajstić information content (AvgIpc) is 2.39. The molecular weight excluding hydrogens is 238 g/mol.